The van der Waals surface area contributed by atoms with Crippen molar-refractivity contribution in [3.05, 3.63) is 0 Å². The van der Waals surface area contributed by atoms with Crippen molar-refractivity contribution in [1.29, 1.82) is 0 Å². The molecule has 0 aromatic rings. The van der Waals surface area contributed by atoms with Crippen LogP contribution >= 0.6 is 0 Å². The third kappa shape index (κ3) is 3.69. The largest absolute Gasteiger partial charge is 0.394 e. The van der Waals surface area contributed by atoms with Crippen molar-refractivity contribution in [2.75, 3.05) is 27.3 Å². The van der Waals surface area contributed by atoms with E-state index in [1.165, 1.54) is 0 Å². The molecule has 0 N–H and O–H groups in total. The predicted molar refractivity (Wildman–Crippen MR) is 62.6 cm³/mol. The number of hydrogen-bond donors (Lipinski definition) is 0. The SMILES string of the molecule is CCO[Si](C)(OCC)C(CC)N(C)C. The van der Waals surface area contributed by atoms with Crippen molar-refractivity contribution < 1.29 is 8.85 Å². The molecule has 0 rings (SSSR count). The van der Waals surface area contributed by atoms with Crippen LogP contribution in [0.3, 0.4) is 0 Å². The first-order valence-electron chi connectivity index (χ1n) is 5.46. The van der Waals surface area contributed by atoms with E-state index in [4.69, 9.17) is 8.85 Å². The molecule has 86 valence electrons. The Morgan fingerprint density at radius 3 is 1.71 bits per heavy atom. The monoisotopic (exact) mass is 219 g/mol. The fourth-order valence-corrected chi connectivity index (χ4v) is 5.31. The second kappa shape index (κ2) is 6.56. The van der Waals surface area contributed by atoms with E-state index >= 15 is 0 Å². The van der Waals surface area contributed by atoms with Gasteiger partial charge in [0.15, 0.2) is 0 Å². The van der Waals surface area contributed by atoms with Crippen molar-refractivity contribution in [1.82, 2.24) is 4.90 Å². The highest BCUT2D eigenvalue weighted by atomic mass is 28.4. The van der Waals surface area contributed by atoms with Crippen LogP contribution in [0.15, 0.2) is 0 Å². The van der Waals surface area contributed by atoms with Gasteiger partial charge in [-0.25, -0.2) is 0 Å². The normalized spacial score (nSPS) is 14.8. The Kier molecular flexibility index (Phi) is 6.60. The van der Waals surface area contributed by atoms with E-state index in [9.17, 15) is 0 Å². The lowest BCUT2D eigenvalue weighted by atomic mass is 10.4. The molecule has 0 saturated carbocycles. The van der Waals surface area contributed by atoms with E-state index in [1.807, 2.05) is 13.8 Å². The summed E-state index contributed by atoms with van der Waals surface area (Å²) in [5.74, 6) is 0. The summed E-state index contributed by atoms with van der Waals surface area (Å²) < 4.78 is 11.7. The zero-order valence-electron chi connectivity index (χ0n) is 10.5. The molecule has 0 radical (unpaired) electrons. The van der Waals surface area contributed by atoms with Crippen LogP contribution in [0.5, 0.6) is 0 Å². The number of nitrogens with zero attached hydrogens (tertiary/aromatic N) is 1. The average molecular weight is 219 g/mol. The maximum atomic E-state index is 5.86. The molecule has 14 heavy (non-hydrogen) atoms. The van der Waals surface area contributed by atoms with Gasteiger partial charge < -0.3 is 13.8 Å². The quantitative estimate of drug-likeness (QED) is 0.611. The molecule has 0 aliphatic carbocycles. The van der Waals surface area contributed by atoms with Crippen molar-refractivity contribution in [2.24, 2.45) is 0 Å². The van der Waals surface area contributed by atoms with Crippen molar-refractivity contribution in [2.45, 2.75) is 39.4 Å². The van der Waals surface area contributed by atoms with E-state index in [0.29, 0.717) is 5.67 Å². The maximum Gasteiger partial charge on any atom is 0.352 e. The van der Waals surface area contributed by atoms with Gasteiger partial charge in [-0.3, -0.25) is 0 Å². The lowest BCUT2D eigenvalue weighted by Crippen LogP contribution is -2.56. The van der Waals surface area contributed by atoms with Crippen LogP contribution in [0.2, 0.25) is 6.55 Å². The van der Waals surface area contributed by atoms with Gasteiger partial charge in [-0.05, 0) is 40.9 Å². The molecule has 0 fully saturated rings. The first-order valence-corrected chi connectivity index (χ1v) is 7.85. The average Bonchev–Trinajstić information content (AvgIpc) is 2.04. The van der Waals surface area contributed by atoms with E-state index in [2.05, 4.69) is 32.5 Å². The summed E-state index contributed by atoms with van der Waals surface area (Å²) in [5.41, 5.74) is 0.433. The lowest BCUT2D eigenvalue weighted by molar-refractivity contribution is 0.150. The summed E-state index contributed by atoms with van der Waals surface area (Å²) in [6.45, 7) is 9.90. The van der Waals surface area contributed by atoms with Gasteiger partial charge in [0.2, 0.25) is 0 Å². The zero-order valence-corrected chi connectivity index (χ0v) is 11.5. The summed E-state index contributed by atoms with van der Waals surface area (Å²) in [6, 6.07) is 0. The molecular formula is C10H25NO2Si. The van der Waals surface area contributed by atoms with Crippen LogP contribution in [-0.2, 0) is 8.85 Å². The molecule has 0 heterocycles. The zero-order chi connectivity index (χ0) is 11.2. The lowest BCUT2D eigenvalue weighted by Gasteiger charge is -2.37. The predicted octanol–water partition coefficient (Wildman–Crippen LogP) is 2.01. The molecule has 0 spiro atoms. The van der Waals surface area contributed by atoms with Crippen LogP contribution in [0.4, 0.5) is 0 Å². The molecule has 1 atom stereocenters. The topological polar surface area (TPSA) is 21.7 Å². The Hall–Kier alpha value is 0.0969. The molecule has 0 aliphatic heterocycles. The number of hydrogen-bond acceptors (Lipinski definition) is 3. The molecule has 0 saturated heterocycles. The minimum absolute atomic E-state index is 0.433. The van der Waals surface area contributed by atoms with Crippen LogP contribution in [0.25, 0.3) is 0 Å². The highest BCUT2D eigenvalue weighted by Crippen LogP contribution is 2.19. The van der Waals surface area contributed by atoms with Gasteiger partial charge in [-0.2, -0.15) is 0 Å². The third-order valence-electron chi connectivity index (χ3n) is 2.48. The van der Waals surface area contributed by atoms with E-state index in [0.717, 1.165) is 19.6 Å². The van der Waals surface area contributed by atoms with Gasteiger partial charge in [0, 0.05) is 13.2 Å². The standard InChI is InChI=1S/C10H25NO2Si/c1-7-10(11(4)5)14(6,12-8-2)13-9-3/h10H,7-9H2,1-6H3. The summed E-state index contributed by atoms with van der Waals surface area (Å²) in [7, 11) is 2.17. The molecule has 1 unspecified atom stereocenters. The first kappa shape index (κ1) is 14.1. The molecule has 0 aromatic heterocycles. The fraction of sp³-hybridized carbons (Fsp3) is 1.00. The highest BCUT2D eigenvalue weighted by Gasteiger charge is 2.41. The number of rotatable bonds is 7. The minimum atomic E-state index is -2.02. The van der Waals surface area contributed by atoms with Gasteiger partial charge in [0.1, 0.15) is 0 Å². The van der Waals surface area contributed by atoms with E-state index in [-0.39, 0.29) is 0 Å². The van der Waals surface area contributed by atoms with Gasteiger partial charge >= 0.3 is 8.56 Å². The Bertz CT molecular complexity index is 147. The van der Waals surface area contributed by atoms with Crippen molar-refractivity contribution in [3.63, 3.8) is 0 Å². The summed E-state index contributed by atoms with van der Waals surface area (Å²) in [4.78, 5) is 2.22. The highest BCUT2D eigenvalue weighted by molar-refractivity contribution is 6.67. The Morgan fingerprint density at radius 2 is 1.50 bits per heavy atom. The van der Waals surface area contributed by atoms with Gasteiger partial charge in [-0.1, -0.05) is 6.92 Å². The molecule has 0 amide bonds. The molecule has 0 aliphatic rings. The summed E-state index contributed by atoms with van der Waals surface area (Å²) >= 11 is 0. The minimum Gasteiger partial charge on any atom is -0.394 e. The molecular weight excluding hydrogens is 194 g/mol. The Balaban J connectivity index is 4.57. The fourth-order valence-electron chi connectivity index (χ4n) is 2.01. The van der Waals surface area contributed by atoms with E-state index in [1.54, 1.807) is 0 Å². The molecule has 4 heteroatoms. The smallest absolute Gasteiger partial charge is 0.352 e. The van der Waals surface area contributed by atoms with Crippen LogP contribution in [0, 0.1) is 0 Å². The van der Waals surface area contributed by atoms with Crippen molar-refractivity contribution in [3.8, 4) is 0 Å². The Morgan fingerprint density at radius 1 is 1.07 bits per heavy atom. The van der Waals surface area contributed by atoms with Crippen molar-refractivity contribution >= 4 is 8.56 Å². The summed E-state index contributed by atoms with van der Waals surface area (Å²) in [6.07, 6.45) is 1.08. The van der Waals surface area contributed by atoms with Gasteiger partial charge in [-0.15, -0.1) is 0 Å². The van der Waals surface area contributed by atoms with Gasteiger partial charge in [0.05, 0.1) is 5.67 Å². The summed E-state index contributed by atoms with van der Waals surface area (Å²) in [5, 5.41) is 0. The third-order valence-corrected chi connectivity index (χ3v) is 6.34. The second-order valence-corrected chi connectivity index (χ2v) is 7.05. The van der Waals surface area contributed by atoms with Gasteiger partial charge in [0.25, 0.3) is 0 Å². The molecule has 0 aromatic carbocycles. The molecule has 3 nitrogen and oxygen atoms in total. The second-order valence-electron chi connectivity index (χ2n) is 3.77. The van der Waals surface area contributed by atoms with Crippen LogP contribution in [-0.4, -0.2) is 46.4 Å². The van der Waals surface area contributed by atoms with Crippen LogP contribution in [0.1, 0.15) is 27.2 Å². The molecule has 0 bridgehead atoms. The maximum absolute atomic E-state index is 5.86. The Labute approximate surface area is 89.6 Å². The van der Waals surface area contributed by atoms with Crippen LogP contribution < -0.4 is 0 Å². The first-order chi connectivity index (χ1) is 6.51. The van der Waals surface area contributed by atoms with E-state index < -0.39 is 8.56 Å².